The molecule has 0 bridgehead atoms. The zero-order valence-electron chi connectivity index (χ0n) is 11.3. The van der Waals surface area contributed by atoms with Gasteiger partial charge in [-0.15, -0.1) is 0 Å². The van der Waals surface area contributed by atoms with E-state index in [0.717, 1.165) is 36.4 Å². The Morgan fingerprint density at radius 3 is 2.95 bits per heavy atom. The lowest BCUT2D eigenvalue weighted by Crippen LogP contribution is -2.29. The molecule has 0 atom stereocenters. The number of hydrogen-bond donors (Lipinski definition) is 1. The molecule has 106 valence electrons. The molecule has 0 aliphatic carbocycles. The number of nitrogens with zero attached hydrogens (tertiary/aromatic N) is 1. The van der Waals surface area contributed by atoms with Gasteiger partial charge in [-0.3, -0.25) is 0 Å². The first-order chi connectivity index (χ1) is 9.05. The average molecular weight is 300 g/mol. The summed E-state index contributed by atoms with van der Waals surface area (Å²) in [5.41, 5.74) is 2.17. The molecule has 19 heavy (non-hydrogen) atoms. The summed E-state index contributed by atoms with van der Waals surface area (Å²) in [5, 5.41) is 3.29. The fourth-order valence-corrected chi connectivity index (χ4v) is 3.93. The molecule has 1 aromatic carbocycles. The van der Waals surface area contributed by atoms with E-state index in [2.05, 4.69) is 5.32 Å². The number of aryl methyl sites for hydroxylation is 1. The first kappa shape index (κ1) is 14.7. The standard InChI is InChI=1S/C13H20N2O2S2/c1-15(8-9-18-2)19(16,17)12-5-6-13-11(10-12)4-3-7-14-13/h5-6,10,14H,3-4,7-9H2,1-2H3. The number of sulfonamides is 1. The van der Waals surface area contributed by atoms with Gasteiger partial charge in [0.15, 0.2) is 0 Å². The van der Waals surface area contributed by atoms with Gasteiger partial charge in [-0.25, -0.2) is 12.7 Å². The second kappa shape index (κ2) is 6.15. The Morgan fingerprint density at radius 1 is 1.42 bits per heavy atom. The molecule has 1 aliphatic heterocycles. The maximum atomic E-state index is 12.4. The molecule has 0 fully saturated rings. The largest absolute Gasteiger partial charge is 0.385 e. The van der Waals surface area contributed by atoms with E-state index in [1.165, 1.54) is 4.31 Å². The van der Waals surface area contributed by atoms with Crippen LogP contribution in [0.5, 0.6) is 0 Å². The lowest BCUT2D eigenvalue weighted by Gasteiger charge is -2.21. The molecule has 0 saturated carbocycles. The number of nitrogens with one attached hydrogen (secondary N) is 1. The zero-order chi connectivity index (χ0) is 13.9. The van der Waals surface area contributed by atoms with Crippen molar-refractivity contribution in [3.63, 3.8) is 0 Å². The van der Waals surface area contributed by atoms with Crippen LogP contribution < -0.4 is 5.32 Å². The third-order valence-electron chi connectivity index (χ3n) is 3.33. The Kier molecular flexibility index (Phi) is 4.76. The van der Waals surface area contributed by atoms with Crippen molar-refractivity contribution in [1.29, 1.82) is 0 Å². The molecular weight excluding hydrogens is 280 g/mol. The van der Waals surface area contributed by atoms with Gasteiger partial charge >= 0.3 is 0 Å². The van der Waals surface area contributed by atoms with Gasteiger partial charge in [-0.2, -0.15) is 11.8 Å². The minimum absolute atomic E-state index is 0.401. The van der Waals surface area contributed by atoms with E-state index in [9.17, 15) is 8.42 Å². The highest BCUT2D eigenvalue weighted by Crippen LogP contribution is 2.26. The smallest absolute Gasteiger partial charge is 0.242 e. The summed E-state index contributed by atoms with van der Waals surface area (Å²) in [6, 6.07) is 5.39. The number of fused-ring (bicyclic) bond motifs is 1. The fraction of sp³-hybridized carbons (Fsp3) is 0.538. The van der Waals surface area contributed by atoms with Gasteiger partial charge in [-0.1, -0.05) is 0 Å². The highest BCUT2D eigenvalue weighted by Gasteiger charge is 2.22. The number of benzene rings is 1. The molecule has 0 aromatic heterocycles. The number of hydrogen-bond acceptors (Lipinski definition) is 4. The van der Waals surface area contributed by atoms with Crippen molar-refractivity contribution in [2.24, 2.45) is 0 Å². The second-order valence-corrected chi connectivity index (χ2v) is 7.70. The second-order valence-electron chi connectivity index (χ2n) is 4.67. The van der Waals surface area contributed by atoms with Gasteiger partial charge in [0.25, 0.3) is 0 Å². The van der Waals surface area contributed by atoms with Crippen LogP contribution in [0.2, 0.25) is 0 Å². The normalized spacial score (nSPS) is 15.1. The molecule has 2 rings (SSSR count). The first-order valence-corrected chi connectivity index (χ1v) is 9.21. The predicted molar refractivity (Wildman–Crippen MR) is 81.5 cm³/mol. The van der Waals surface area contributed by atoms with Gasteiger partial charge in [-0.05, 0) is 42.9 Å². The summed E-state index contributed by atoms with van der Waals surface area (Å²) in [7, 11) is -1.71. The Balaban J connectivity index is 2.25. The quantitative estimate of drug-likeness (QED) is 0.904. The summed E-state index contributed by atoms with van der Waals surface area (Å²) in [4.78, 5) is 0.401. The molecular formula is C13H20N2O2S2. The predicted octanol–water partition coefficient (Wildman–Crippen LogP) is 2.03. The third-order valence-corrected chi connectivity index (χ3v) is 5.78. The van der Waals surface area contributed by atoms with Crippen molar-refractivity contribution in [1.82, 2.24) is 4.31 Å². The monoisotopic (exact) mass is 300 g/mol. The van der Waals surface area contributed by atoms with Crippen LogP contribution in [0.1, 0.15) is 12.0 Å². The fourth-order valence-electron chi connectivity index (χ4n) is 2.13. The van der Waals surface area contributed by atoms with Crippen LogP contribution in [0.4, 0.5) is 5.69 Å². The lowest BCUT2D eigenvalue weighted by atomic mass is 10.0. The average Bonchev–Trinajstić information content (AvgIpc) is 2.44. The molecule has 4 nitrogen and oxygen atoms in total. The highest BCUT2D eigenvalue weighted by molar-refractivity contribution is 7.98. The minimum Gasteiger partial charge on any atom is -0.385 e. The summed E-state index contributed by atoms with van der Waals surface area (Å²) < 4.78 is 26.3. The molecule has 0 spiro atoms. The van der Waals surface area contributed by atoms with Gasteiger partial charge in [0, 0.05) is 31.6 Å². The van der Waals surface area contributed by atoms with Crippen molar-refractivity contribution in [2.75, 3.05) is 37.5 Å². The van der Waals surface area contributed by atoms with Crippen molar-refractivity contribution >= 4 is 27.5 Å². The maximum Gasteiger partial charge on any atom is 0.242 e. The van der Waals surface area contributed by atoms with Crippen LogP contribution >= 0.6 is 11.8 Å². The van der Waals surface area contributed by atoms with Crippen molar-refractivity contribution in [3.8, 4) is 0 Å². The number of thioether (sulfide) groups is 1. The summed E-state index contributed by atoms with van der Waals surface area (Å²) in [6.45, 7) is 1.51. The molecule has 0 radical (unpaired) electrons. The molecule has 1 heterocycles. The van der Waals surface area contributed by atoms with Gasteiger partial charge < -0.3 is 5.32 Å². The van der Waals surface area contributed by atoms with Crippen LogP contribution in [-0.4, -0.2) is 44.9 Å². The Labute approximate surface area is 119 Å². The molecule has 1 aromatic rings. The summed E-state index contributed by atoms with van der Waals surface area (Å²) in [5.74, 6) is 0.808. The van der Waals surface area contributed by atoms with E-state index in [1.807, 2.05) is 18.4 Å². The van der Waals surface area contributed by atoms with Gasteiger partial charge in [0.05, 0.1) is 4.90 Å². The van der Waals surface area contributed by atoms with E-state index in [-0.39, 0.29) is 0 Å². The van der Waals surface area contributed by atoms with Crippen LogP contribution in [0.25, 0.3) is 0 Å². The molecule has 0 unspecified atom stereocenters. The maximum absolute atomic E-state index is 12.4. The van der Waals surface area contributed by atoms with Crippen molar-refractivity contribution in [2.45, 2.75) is 17.7 Å². The Hall–Kier alpha value is -0.720. The van der Waals surface area contributed by atoms with Gasteiger partial charge in [0.2, 0.25) is 10.0 Å². The molecule has 1 N–H and O–H groups in total. The number of anilines is 1. The van der Waals surface area contributed by atoms with Crippen molar-refractivity contribution in [3.05, 3.63) is 23.8 Å². The van der Waals surface area contributed by atoms with E-state index >= 15 is 0 Å². The minimum atomic E-state index is -3.35. The molecule has 1 aliphatic rings. The first-order valence-electron chi connectivity index (χ1n) is 6.38. The van der Waals surface area contributed by atoms with E-state index in [1.54, 1.807) is 24.9 Å². The van der Waals surface area contributed by atoms with Gasteiger partial charge in [0.1, 0.15) is 0 Å². The van der Waals surface area contributed by atoms with E-state index < -0.39 is 10.0 Å². The Bertz CT molecular complexity index is 544. The van der Waals surface area contributed by atoms with Crippen LogP contribution in [0.3, 0.4) is 0 Å². The molecule has 0 amide bonds. The third kappa shape index (κ3) is 3.24. The Morgan fingerprint density at radius 2 is 2.21 bits per heavy atom. The summed E-state index contributed by atoms with van der Waals surface area (Å²) in [6.07, 6.45) is 3.98. The topological polar surface area (TPSA) is 49.4 Å². The van der Waals surface area contributed by atoms with E-state index in [0.29, 0.717) is 11.4 Å². The van der Waals surface area contributed by atoms with Crippen LogP contribution in [0.15, 0.2) is 23.1 Å². The SMILES string of the molecule is CSCCN(C)S(=O)(=O)c1ccc2c(c1)CCCN2. The number of rotatable bonds is 5. The van der Waals surface area contributed by atoms with Crippen LogP contribution in [0, 0.1) is 0 Å². The molecule has 6 heteroatoms. The highest BCUT2D eigenvalue weighted by atomic mass is 32.2. The van der Waals surface area contributed by atoms with Crippen LogP contribution in [-0.2, 0) is 16.4 Å². The lowest BCUT2D eigenvalue weighted by molar-refractivity contribution is 0.488. The zero-order valence-corrected chi connectivity index (χ0v) is 13.0. The van der Waals surface area contributed by atoms with Crippen molar-refractivity contribution < 1.29 is 8.42 Å². The summed E-state index contributed by atoms with van der Waals surface area (Å²) >= 11 is 1.65. The van der Waals surface area contributed by atoms with E-state index in [4.69, 9.17) is 0 Å². The molecule has 0 saturated heterocycles.